The highest BCUT2D eigenvalue weighted by atomic mass is 16.5. The number of ether oxygens (including phenoxy) is 1. The molecule has 21 heavy (non-hydrogen) atoms. The molecule has 1 nitrogen and oxygen atoms in total. The Morgan fingerprint density at radius 2 is 1.10 bits per heavy atom. The first-order valence-electron chi connectivity index (χ1n) is 9.80. The van der Waals surface area contributed by atoms with E-state index in [9.17, 15) is 0 Å². The molecule has 2 saturated carbocycles. The Morgan fingerprint density at radius 1 is 0.667 bits per heavy atom. The lowest BCUT2D eigenvalue weighted by molar-refractivity contribution is 0.115. The second-order valence-corrected chi connectivity index (χ2v) is 7.95. The van der Waals surface area contributed by atoms with Crippen LogP contribution in [0.15, 0.2) is 0 Å². The van der Waals surface area contributed by atoms with Crippen molar-refractivity contribution >= 4 is 0 Å². The minimum atomic E-state index is 0.861. The molecule has 2 aliphatic carbocycles. The zero-order valence-electron chi connectivity index (χ0n) is 14.6. The highest BCUT2D eigenvalue weighted by molar-refractivity contribution is 4.76. The van der Waals surface area contributed by atoms with Gasteiger partial charge in [-0.2, -0.15) is 0 Å². The van der Waals surface area contributed by atoms with Gasteiger partial charge >= 0.3 is 0 Å². The molecule has 0 aromatic heterocycles. The molecule has 0 heterocycles. The van der Waals surface area contributed by atoms with Crippen molar-refractivity contribution in [3.05, 3.63) is 0 Å². The maximum Gasteiger partial charge on any atom is 0.0490 e. The van der Waals surface area contributed by atoms with Crippen LogP contribution in [0.2, 0.25) is 0 Å². The fourth-order valence-corrected chi connectivity index (χ4v) is 4.70. The van der Waals surface area contributed by atoms with Gasteiger partial charge in [-0.15, -0.1) is 0 Å². The number of methoxy groups -OCH3 is 1. The lowest BCUT2D eigenvalue weighted by Crippen LogP contribution is -2.20. The number of unbranched alkanes of at least 4 members (excludes halogenated alkanes) is 1. The zero-order chi connectivity index (χ0) is 14.9. The third-order valence-corrected chi connectivity index (χ3v) is 6.28. The van der Waals surface area contributed by atoms with Gasteiger partial charge < -0.3 is 4.74 Å². The summed E-state index contributed by atoms with van der Waals surface area (Å²) >= 11 is 0. The van der Waals surface area contributed by atoms with Crippen LogP contribution in [0.3, 0.4) is 0 Å². The Labute approximate surface area is 133 Å². The van der Waals surface area contributed by atoms with Crippen molar-refractivity contribution in [2.24, 2.45) is 23.7 Å². The van der Waals surface area contributed by atoms with Crippen LogP contribution in [0.1, 0.15) is 90.4 Å². The molecule has 0 spiro atoms. The average Bonchev–Trinajstić information content (AvgIpc) is 2.53. The van der Waals surface area contributed by atoms with E-state index in [1.54, 1.807) is 0 Å². The summed E-state index contributed by atoms with van der Waals surface area (Å²) in [6.45, 7) is 3.32. The van der Waals surface area contributed by atoms with E-state index in [1.165, 1.54) is 83.5 Å². The normalized spacial score (nSPS) is 34.0. The molecule has 0 radical (unpaired) electrons. The Kier molecular flexibility index (Phi) is 8.14. The van der Waals surface area contributed by atoms with Crippen LogP contribution in [0.25, 0.3) is 0 Å². The van der Waals surface area contributed by atoms with E-state index in [0.717, 1.165) is 30.3 Å². The summed E-state index contributed by atoms with van der Waals surface area (Å²) in [7, 11) is 1.85. The first-order valence-corrected chi connectivity index (χ1v) is 9.80. The van der Waals surface area contributed by atoms with Crippen molar-refractivity contribution < 1.29 is 4.74 Å². The van der Waals surface area contributed by atoms with E-state index >= 15 is 0 Å². The SMILES string of the molecule is CCCCC1CCC(CCC2CCC(COC)CC2)CC1. The maximum atomic E-state index is 5.31. The Morgan fingerprint density at radius 3 is 1.52 bits per heavy atom. The van der Waals surface area contributed by atoms with Crippen LogP contribution in [-0.2, 0) is 4.74 Å². The summed E-state index contributed by atoms with van der Waals surface area (Å²) in [6.07, 6.45) is 19.3. The first-order chi connectivity index (χ1) is 10.3. The zero-order valence-corrected chi connectivity index (χ0v) is 14.6. The Balaban J connectivity index is 1.54. The summed E-state index contributed by atoms with van der Waals surface area (Å²) in [5.74, 6) is 4.04. The number of hydrogen-bond donors (Lipinski definition) is 0. The number of rotatable bonds is 8. The topological polar surface area (TPSA) is 9.23 Å². The third kappa shape index (κ3) is 6.30. The van der Waals surface area contributed by atoms with Crippen LogP contribution in [0.5, 0.6) is 0 Å². The molecular formula is C20H38O. The van der Waals surface area contributed by atoms with E-state index in [4.69, 9.17) is 4.74 Å². The molecule has 0 atom stereocenters. The molecule has 0 N–H and O–H groups in total. The molecule has 0 aliphatic heterocycles. The quantitative estimate of drug-likeness (QED) is 0.516. The molecule has 0 saturated heterocycles. The molecule has 1 heteroatoms. The van der Waals surface area contributed by atoms with Crippen LogP contribution < -0.4 is 0 Å². The van der Waals surface area contributed by atoms with E-state index in [2.05, 4.69) is 6.92 Å². The maximum absolute atomic E-state index is 5.31. The predicted molar refractivity (Wildman–Crippen MR) is 91.5 cm³/mol. The van der Waals surface area contributed by atoms with Gasteiger partial charge in [0.25, 0.3) is 0 Å². The molecule has 2 fully saturated rings. The van der Waals surface area contributed by atoms with Crippen molar-refractivity contribution in [2.75, 3.05) is 13.7 Å². The van der Waals surface area contributed by atoms with E-state index < -0.39 is 0 Å². The Hall–Kier alpha value is -0.0400. The molecule has 124 valence electrons. The molecule has 0 bridgehead atoms. The molecule has 0 aromatic carbocycles. The molecule has 0 aromatic rings. The molecule has 2 rings (SSSR count). The summed E-state index contributed by atoms with van der Waals surface area (Å²) in [5, 5.41) is 0. The highest BCUT2D eigenvalue weighted by Crippen LogP contribution is 2.37. The second kappa shape index (κ2) is 9.87. The second-order valence-electron chi connectivity index (χ2n) is 7.95. The van der Waals surface area contributed by atoms with Gasteiger partial charge in [-0.05, 0) is 36.5 Å². The monoisotopic (exact) mass is 294 g/mol. The van der Waals surface area contributed by atoms with E-state index in [0.29, 0.717) is 0 Å². The van der Waals surface area contributed by atoms with Gasteiger partial charge in [0.15, 0.2) is 0 Å². The van der Waals surface area contributed by atoms with Gasteiger partial charge in [-0.25, -0.2) is 0 Å². The van der Waals surface area contributed by atoms with Crippen LogP contribution in [0, 0.1) is 23.7 Å². The van der Waals surface area contributed by atoms with Crippen LogP contribution >= 0.6 is 0 Å². The van der Waals surface area contributed by atoms with Gasteiger partial charge in [0.1, 0.15) is 0 Å². The van der Waals surface area contributed by atoms with Crippen molar-refractivity contribution in [1.29, 1.82) is 0 Å². The largest absolute Gasteiger partial charge is 0.384 e. The molecule has 0 amide bonds. The first kappa shape index (κ1) is 17.3. The van der Waals surface area contributed by atoms with E-state index in [-0.39, 0.29) is 0 Å². The van der Waals surface area contributed by atoms with Gasteiger partial charge in [-0.3, -0.25) is 0 Å². The standard InChI is InChI=1S/C20H38O/c1-3-4-5-17-6-8-18(9-7-17)10-11-19-12-14-20(15-13-19)16-21-2/h17-20H,3-16H2,1-2H3. The summed E-state index contributed by atoms with van der Waals surface area (Å²) < 4.78 is 5.31. The van der Waals surface area contributed by atoms with Gasteiger partial charge in [0.2, 0.25) is 0 Å². The van der Waals surface area contributed by atoms with Crippen LogP contribution in [-0.4, -0.2) is 13.7 Å². The summed E-state index contributed by atoms with van der Waals surface area (Å²) in [5.41, 5.74) is 0. The van der Waals surface area contributed by atoms with Gasteiger partial charge in [-0.1, -0.05) is 77.6 Å². The van der Waals surface area contributed by atoms with Crippen molar-refractivity contribution in [3.63, 3.8) is 0 Å². The Bertz CT molecular complexity index is 247. The molecule has 2 aliphatic rings. The van der Waals surface area contributed by atoms with Crippen LogP contribution in [0.4, 0.5) is 0 Å². The molecular weight excluding hydrogens is 256 g/mol. The van der Waals surface area contributed by atoms with Gasteiger partial charge in [0.05, 0.1) is 0 Å². The van der Waals surface area contributed by atoms with E-state index in [1.807, 2.05) is 7.11 Å². The van der Waals surface area contributed by atoms with Crippen molar-refractivity contribution in [3.8, 4) is 0 Å². The average molecular weight is 295 g/mol. The fourth-order valence-electron chi connectivity index (χ4n) is 4.70. The van der Waals surface area contributed by atoms with Crippen molar-refractivity contribution in [1.82, 2.24) is 0 Å². The third-order valence-electron chi connectivity index (χ3n) is 6.28. The summed E-state index contributed by atoms with van der Waals surface area (Å²) in [4.78, 5) is 0. The fraction of sp³-hybridized carbons (Fsp3) is 1.00. The predicted octanol–water partition coefficient (Wildman–Crippen LogP) is 6.22. The van der Waals surface area contributed by atoms with Gasteiger partial charge in [0, 0.05) is 13.7 Å². The lowest BCUT2D eigenvalue weighted by atomic mass is 9.75. The minimum Gasteiger partial charge on any atom is -0.384 e. The van der Waals surface area contributed by atoms with Crippen molar-refractivity contribution in [2.45, 2.75) is 90.4 Å². The smallest absolute Gasteiger partial charge is 0.0490 e. The minimum absolute atomic E-state index is 0.861. The summed E-state index contributed by atoms with van der Waals surface area (Å²) in [6, 6.07) is 0. The highest BCUT2D eigenvalue weighted by Gasteiger charge is 2.24. The molecule has 0 unspecified atom stereocenters. The lowest BCUT2D eigenvalue weighted by Gasteiger charge is -2.32. The number of hydrogen-bond acceptors (Lipinski definition) is 1.